The van der Waals surface area contributed by atoms with Crippen molar-refractivity contribution in [1.82, 2.24) is 15.0 Å². The van der Waals surface area contributed by atoms with Gasteiger partial charge in [-0.3, -0.25) is 4.90 Å². The Balaban J connectivity index is 1.20. The summed E-state index contributed by atoms with van der Waals surface area (Å²) in [5.41, 5.74) is 17.8. The monoisotopic (exact) mass is 826 g/mol. The fraction of sp³-hybridized carbons (Fsp3) is 0.117. The molecule has 0 atom stereocenters. The smallest absolute Gasteiger partial charge is 0.238 e. The van der Waals surface area contributed by atoms with Crippen LogP contribution in [0.4, 0.5) is 17.3 Å². The molecular formula is C60H50N4. The van der Waals surface area contributed by atoms with Crippen LogP contribution in [0.3, 0.4) is 0 Å². The van der Waals surface area contributed by atoms with Gasteiger partial charge in [0.1, 0.15) is 0 Å². The second-order valence-corrected chi connectivity index (χ2v) is 17.2. The Morgan fingerprint density at radius 2 is 0.875 bits per heavy atom. The minimum absolute atomic E-state index is 0.0444. The lowest BCUT2D eigenvalue weighted by Crippen LogP contribution is -2.16. The van der Waals surface area contributed by atoms with Crippen LogP contribution in [0, 0.1) is 41.5 Å². The standard InChI is InChI=1S/C60H50N4/c1-38-33-40(3)54(41(4)34-38)57(55-42(5)35-39(2)36-43(55)6)47-28-30-50(31-29-47)64(51-32-27-44-17-13-14-22-49(44)37-51)60-62-58(48-20-11-8-12-21-48)61-59(63-60)53-26-16-24-46-23-15-25-52(56(46)53)45-18-9-7-10-19-45/h7-37,57H,1-6H3. The molecule has 0 radical (unpaired) electrons. The van der Waals surface area contributed by atoms with Gasteiger partial charge in [-0.25, -0.2) is 4.98 Å². The van der Waals surface area contributed by atoms with Crippen LogP contribution >= 0.6 is 0 Å². The van der Waals surface area contributed by atoms with Crippen molar-refractivity contribution in [3.05, 3.63) is 238 Å². The second-order valence-electron chi connectivity index (χ2n) is 17.2. The summed E-state index contributed by atoms with van der Waals surface area (Å²) in [7, 11) is 0. The third-order valence-corrected chi connectivity index (χ3v) is 12.6. The lowest BCUT2D eigenvalue weighted by molar-refractivity contribution is 0.919. The van der Waals surface area contributed by atoms with Crippen LogP contribution in [-0.2, 0) is 0 Å². The minimum Gasteiger partial charge on any atom is -0.279 e. The van der Waals surface area contributed by atoms with Crippen molar-refractivity contribution in [2.45, 2.75) is 47.5 Å². The average Bonchev–Trinajstić information content (AvgIpc) is 3.31. The van der Waals surface area contributed by atoms with E-state index >= 15 is 0 Å². The molecule has 0 aliphatic carbocycles. The van der Waals surface area contributed by atoms with Crippen LogP contribution in [-0.4, -0.2) is 15.0 Å². The molecule has 0 aliphatic rings. The number of hydrogen-bond acceptors (Lipinski definition) is 4. The summed E-state index contributed by atoms with van der Waals surface area (Å²) in [4.78, 5) is 18.3. The van der Waals surface area contributed by atoms with Crippen LogP contribution in [0.25, 0.3) is 55.4 Å². The Bertz CT molecular complexity index is 3230. The zero-order valence-corrected chi connectivity index (χ0v) is 37.3. The maximum Gasteiger partial charge on any atom is 0.238 e. The van der Waals surface area contributed by atoms with Gasteiger partial charge in [-0.2, -0.15) is 9.97 Å². The molecule has 0 aliphatic heterocycles. The molecule has 0 saturated carbocycles. The van der Waals surface area contributed by atoms with E-state index in [2.05, 4.69) is 216 Å². The van der Waals surface area contributed by atoms with E-state index in [0.29, 0.717) is 17.6 Å². The number of benzene rings is 9. The van der Waals surface area contributed by atoms with E-state index in [-0.39, 0.29) is 5.92 Å². The molecular weight excluding hydrogens is 777 g/mol. The molecule has 0 saturated heterocycles. The van der Waals surface area contributed by atoms with Gasteiger partial charge in [0.15, 0.2) is 11.6 Å². The van der Waals surface area contributed by atoms with Crippen molar-refractivity contribution in [2.75, 3.05) is 4.90 Å². The third-order valence-electron chi connectivity index (χ3n) is 12.6. The first-order valence-corrected chi connectivity index (χ1v) is 22.1. The summed E-state index contributed by atoms with van der Waals surface area (Å²) in [6.07, 6.45) is 0. The molecule has 9 aromatic carbocycles. The zero-order valence-electron chi connectivity index (χ0n) is 37.3. The van der Waals surface area contributed by atoms with Gasteiger partial charge < -0.3 is 0 Å². The number of aromatic nitrogens is 3. The van der Waals surface area contributed by atoms with Crippen LogP contribution in [0.15, 0.2) is 188 Å². The topological polar surface area (TPSA) is 41.9 Å². The highest BCUT2D eigenvalue weighted by atomic mass is 15.3. The summed E-state index contributed by atoms with van der Waals surface area (Å²) < 4.78 is 0. The molecule has 0 amide bonds. The van der Waals surface area contributed by atoms with Crippen LogP contribution in [0.1, 0.15) is 56.0 Å². The van der Waals surface area contributed by atoms with Gasteiger partial charge >= 0.3 is 0 Å². The Morgan fingerprint density at radius 1 is 0.375 bits per heavy atom. The van der Waals surface area contributed by atoms with Crippen LogP contribution in [0.5, 0.6) is 0 Å². The molecule has 0 spiro atoms. The quantitative estimate of drug-likeness (QED) is 0.136. The van der Waals surface area contributed by atoms with E-state index in [9.17, 15) is 0 Å². The SMILES string of the molecule is Cc1cc(C)c(C(c2ccc(N(c3ccc4ccccc4c3)c3nc(-c4ccccc4)nc(-c4cccc5cccc(-c6ccccc6)c45)n3)cc2)c2c(C)cc(C)cc2C)c(C)c1. The Kier molecular flexibility index (Phi) is 10.7. The molecule has 4 heteroatoms. The molecule has 1 aromatic heterocycles. The fourth-order valence-electron chi connectivity index (χ4n) is 9.97. The number of rotatable bonds is 9. The Hall–Kier alpha value is -7.69. The number of nitrogens with zero attached hydrogens (tertiary/aromatic N) is 4. The first-order valence-electron chi connectivity index (χ1n) is 22.1. The van der Waals surface area contributed by atoms with E-state index in [1.54, 1.807) is 0 Å². The van der Waals surface area contributed by atoms with E-state index in [0.717, 1.165) is 49.8 Å². The molecule has 0 unspecified atom stereocenters. The zero-order chi connectivity index (χ0) is 43.9. The highest BCUT2D eigenvalue weighted by Crippen LogP contribution is 2.43. The largest absolute Gasteiger partial charge is 0.279 e. The Labute approximate surface area is 376 Å². The summed E-state index contributed by atoms with van der Waals surface area (Å²) in [5.74, 6) is 1.79. The number of anilines is 3. The van der Waals surface area contributed by atoms with Crippen molar-refractivity contribution < 1.29 is 0 Å². The van der Waals surface area contributed by atoms with Gasteiger partial charge in [0.25, 0.3) is 0 Å². The molecule has 310 valence electrons. The predicted octanol–water partition coefficient (Wildman–Crippen LogP) is 15.7. The first-order chi connectivity index (χ1) is 31.2. The molecule has 64 heavy (non-hydrogen) atoms. The van der Waals surface area contributed by atoms with E-state index in [1.807, 2.05) is 18.2 Å². The summed E-state index contributed by atoms with van der Waals surface area (Å²) in [6, 6.07) is 67.2. The first kappa shape index (κ1) is 40.4. The predicted molar refractivity (Wildman–Crippen MR) is 268 cm³/mol. The lowest BCUT2D eigenvalue weighted by Gasteiger charge is -2.28. The normalized spacial score (nSPS) is 11.4. The van der Waals surface area contributed by atoms with Crippen molar-refractivity contribution in [3.8, 4) is 33.9 Å². The molecule has 1 heterocycles. The Morgan fingerprint density at radius 3 is 1.48 bits per heavy atom. The lowest BCUT2D eigenvalue weighted by atomic mass is 9.77. The van der Waals surface area contributed by atoms with Crippen LogP contribution in [0.2, 0.25) is 0 Å². The summed E-state index contributed by atoms with van der Waals surface area (Å²) in [5, 5.41) is 4.53. The molecule has 0 N–H and O–H groups in total. The average molecular weight is 827 g/mol. The second kappa shape index (κ2) is 16.9. The van der Waals surface area contributed by atoms with Gasteiger partial charge in [-0.05, 0) is 132 Å². The van der Waals surface area contributed by atoms with E-state index in [1.165, 1.54) is 55.5 Å². The van der Waals surface area contributed by atoms with E-state index < -0.39 is 0 Å². The number of fused-ring (bicyclic) bond motifs is 2. The number of hydrogen-bond donors (Lipinski definition) is 0. The highest BCUT2D eigenvalue weighted by Gasteiger charge is 2.26. The van der Waals surface area contributed by atoms with Gasteiger partial charge in [0.05, 0.1) is 0 Å². The minimum atomic E-state index is 0.0444. The van der Waals surface area contributed by atoms with Gasteiger partial charge in [0.2, 0.25) is 5.95 Å². The van der Waals surface area contributed by atoms with Crippen molar-refractivity contribution in [2.24, 2.45) is 0 Å². The van der Waals surface area contributed by atoms with Gasteiger partial charge in [-0.1, -0.05) is 175 Å². The summed E-state index contributed by atoms with van der Waals surface area (Å²) >= 11 is 0. The molecule has 4 nitrogen and oxygen atoms in total. The number of aryl methyl sites for hydroxylation is 6. The molecule has 0 fully saturated rings. The molecule has 0 bridgehead atoms. The van der Waals surface area contributed by atoms with Crippen LogP contribution < -0.4 is 4.90 Å². The third kappa shape index (κ3) is 7.62. The molecule has 10 aromatic rings. The van der Waals surface area contributed by atoms with Crippen molar-refractivity contribution >= 4 is 38.9 Å². The van der Waals surface area contributed by atoms with Crippen molar-refractivity contribution in [1.29, 1.82) is 0 Å². The maximum atomic E-state index is 5.47. The molecule has 10 rings (SSSR count). The fourth-order valence-corrected chi connectivity index (χ4v) is 9.97. The van der Waals surface area contributed by atoms with E-state index in [4.69, 9.17) is 15.0 Å². The van der Waals surface area contributed by atoms with Crippen molar-refractivity contribution in [3.63, 3.8) is 0 Å². The summed E-state index contributed by atoms with van der Waals surface area (Å²) in [6.45, 7) is 13.4. The van der Waals surface area contributed by atoms with Gasteiger partial charge in [0, 0.05) is 33.8 Å². The van der Waals surface area contributed by atoms with Gasteiger partial charge in [-0.15, -0.1) is 0 Å². The highest BCUT2D eigenvalue weighted by molar-refractivity contribution is 6.05. The maximum absolute atomic E-state index is 5.47.